The lowest BCUT2D eigenvalue weighted by Crippen LogP contribution is -2.23. The van der Waals surface area contributed by atoms with Crippen LogP contribution in [0.4, 0.5) is 5.69 Å². The Hall–Kier alpha value is -2.33. The molecule has 0 aliphatic rings. The molecule has 4 heteroatoms. The van der Waals surface area contributed by atoms with Crippen LogP contribution >= 0.6 is 11.8 Å². The topological polar surface area (TPSA) is 42.0 Å². The molecule has 0 bridgehead atoms. The van der Waals surface area contributed by atoms with E-state index in [0.29, 0.717) is 5.92 Å². The Morgan fingerprint density at radius 1 is 1.00 bits per heavy atom. The molecule has 3 aromatic rings. The van der Waals surface area contributed by atoms with Gasteiger partial charge in [0.05, 0.1) is 10.8 Å². The maximum absolute atomic E-state index is 12.7. The van der Waals surface area contributed by atoms with Gasteiger partial charge >= 0.3 is 0 Å². The van der Waals surface area contributed by atoms with Gasteiger partial charge in [0, 0.05) is 22.2 Å². The van der Waals surface area contributed by atoms with Crippen LogP contribution in [-0.4, -0.2) is 16.1 Å². The normalized spacial score (nSPS) is 12.3. The quantitative estimate of drug-likeness (QED) is 0.620. The number of hydrogen-bond acceptors (Lipinski definition) is 3. The van der Waals surface area contributed by atoms with Gasteiger partial charge < -0.3 is 5.32 Å². The van der Waals surface area contributed by atoms with Crippen molar-refractivity contribution in [3.05, 3.63) is 66.4 Å². The second-order valence-electron chi connectivity index (χ2n) is 6.32. The molecule has 1 unspecified atom stereocenters. The average molecular weight is 350 g/mol. The summed E-state index contributed by atoms with van der Waals surface area (Å²) in [6.07, 6.45) is 1.79. The summed E-state index contributed by atoms with van der Waals surface area (Å²) in [5, 5.41) is 3.96. The highest BCUT2D eigenvalue weighted by Gasteiger charge is 2.17. The SMILES string of the molecule is CC(Sc1ccnc2ccccc12)C(=O)Nc1ccccc1C(C)C. The molecule has 3 rings (SSSR count). The van der Waals surface area contributed by atoms with Gasteiger partial charge in [-0.05, 0) is 36.6 Å². The number of carbonyl (C=O) groups is 1. The minimum Gasteiger partial charge on any atom is -0.325 e. The molecule has 0 spiro atoms. The molecular weight excluding hydrogens is 328 g/mol. The monoisotopic (exact) mass is 350 g/mol. The van der Waals surface area contributed by atoms with Crippen LogP contribution in [-0.2, 0) is 4.79 Å². The fourth-order valence-corrected chi connectivity index (χ4v) is 3.75. The number of nitrogens with one attached hydrogen (secondary N) is 1. The number of nitrogens with zero attached hydrogens (tertiary/aromatic N) is 1. The smallest absolute Gasteiger partial charge is 0.237 e. The van der Waals surface area contributed by atoms with Crippen LogP contribution in [0.3, 0.4) is 0 Å². The Bertz CT molecular complexity index is 886. The molecule has 25 heavy (non-hydrogen) atoms. The van der Waals surface area contributed by atoms with Gasteiger partial charge in [-0.3, -0.25) is 9.78 Å². The van der Waals surface area contributed by atoms with Crippen LogP contribution in [0.15, 0.2) is 65.7 Å². The second kappa shape index (κ2) is 7.70. The molecule has 1 amide bonds. The van der Waals surface area contributed by atoms with Crippen LogP contribution < -0.4 is 5.32 Å². The average Bonchev–Trinajstić information content (AvgIpc) is 2.62. The zero-order valence-corrected chi connectivity index (χ0v) is 15.5. The van der Waals surface area contributed by atoms with Gasteiger partial charge in [0.25, 0.3) is 0 Å². The van der Waals surface area contributed by atoms with E-state index in [1.54, 1.807) is 18.0 Å². The maximum atomic E-state index is 12.7. The zero-order valence-electron chi connectivity index (χ0n) is 14.7. The van der Waals surface area contributed by atoms with E-state index < -0.39 is 0 Å². The number of anilines is 1. The summed E-state index contributed by atoms with van der Waals surface area (Å²) >= 11 is 1.56. The van der Waals surface area contributed by atoms with Gasteiger partial charge in [-0.2, -0.15) is 0 Å². The first kappa shape index (κ1) is 17.5. The first-order valence-corrected chi connectivity index (χ1v) is 9.34. The van der Waals surface area contributed by atoms with E-state index in [9.17, 15) is 4.79 Å². The van der Waals surface area contributed by atoms with E-state index in [0.717, 1.165) is 27.0 Å². The summed E-state index contributed by atoms with van der Waals surface area (Å²) in [6, 6.07) is 18.0. The number of benzene rings is 2. The van der Waals surface area contributed by atoms with E-state index in [1.165, 1.54) is 0 Å². The molecular formula is C21H22N2OS. The second-order valence-corrected chi connectivity index (χ2v) is 7.70. The van der Waals surface area contributed by atoms with Crippen LogP contribution in [0.5, 0.6) is 0 Å². The summed E-state index contributed by atoms with van der Waals surface area (Å²) < 4.78 is 0. The lowest BCUT2D eigenvalue weighted by atomic mass is 10.0. The Morgan fingerprint density at radius 3 is 2.52 bits per heavy atom. The number of rotatable bonds is 5. The lowest BCUT2D eigenvalue weighted by Gasteiger charge is -2.17. The number of pyridine rings is 1. The number of amides is 1. The summed E-state index contributed by atoms with van der Waals surface area (Å²) in [5.74, 6) is 0.377. The van der Waals surface area contributed by atoms with Crippen molar-refractivity contribution in [3.8, 4) is 0 Å². The summed E-state index contributed by atoms with van der Waals surface area (Å²) in [7, 11) is 0. The van der Waals surface area contributed by atoms with Crippen molar-refractivity contribution in [1.29, 1.82) is 0 Å². The van der Waals surface area contributed by atoms with E-state index in [4.69, 9.17) is 0 Å². The predicted octanol–water partition coefficient (Wildman–Crippen LogP) is 5.48. The molecule has 0 saturated heterocycles. The Balaban J connectivity index is 1.77. The van der Waals surface area contributed by atoms with Gasteiger partial charge in [0.2, 0.25) is 5.91 Å². The van der Waals surface area contributed by atoms with Crippen molar-refractivity contribution in [1.82, 2.24) is 4.98 Å². The van der Waals surface area contributed by atoms with Gasteiger partial charge in [0.15, 0.2) is 0 Å². The van der Waals surface area contributed by atoms with E-state index in [2.05, 4.69) is 30.2 Å². The largest absolute Gasteiger partial charge is 0.325 e. The Morgan fingerprint density at radius 2 is 1.72 bits per heavy atom. The Labute approximate surface area is 152 Å². The van der Waals surface area contributed by atoms with Crippen LogP contribution in [0, 0.1) is 0 Å². The minimum atomic E-state index is -0.203. The van der Waals surface area contributed by atoms with Crippen molar-refractivity contribution in [2.24, 2.45) is 0 Å². The van der Waals surface area contributed by atoms with Crippen LogP contribution in [0.25, 0.3) is 10.9 Å². The standard InChI is InChI=1S/C21H22N2OS/c1-14(2)16-8-4-7-11-19(16)23-21(24)15(3)25-20-12-13-22-18-10-6-5-9-17(18)20/h4-15H,1-3H3,(H,23,24). The number of carbonyl (C=O) groups excluding carboxylic acids is 1. The summed E-state index contributed by atoms with van der Waals surface area (Å²) in [5.41, 5.74) is 3.00. The van der Waals surface area contributed by atoms with Crippen LogP contribution in [0.1, 0.15) is 32.3 Å². The molecule has 0 fully saturated rings. The number of para-hydroxylation sites is 2. The summed E-state index contributed by atoms with van der Waals surface area (Å²) in [6.45, 7) is 6.20. The number of thioether (sulfide) groups is 1. The Kier molecular flexibility index (Phi) is 5.39. The van der Waals surface area contributed by atoms with Gasteiger partial charge in [-0.25, -0.2) is 0 Å². The minimum absolute atomic E-state index is 0.0130. The van der Waals surface area contributed by atoms with Crippen molar-refractivity contribution in [2.45, 2.75) is 36.8 Å². The van der Waals surface area contributed by atoms with E-state index in [1.807, 2.05) is 55.5 Å². The highest BCUT2D eigenvalue weighted by atomic mass is 32.2. The third-order valence-corrected chi connectivity index (χ3v) is 5.30. The molecule has 1 heterocycles. The highest BCUT2D eigenvalue weighted by molar-refractivity contribution is 8.00. The number of fused-ring (bicyclic) bond motifs is 1. The molecule has 1 N–H and O–H groups in total. The van der Waals surface area contributed by atoms with Crippen LogP contribution in [0.2, 0.25) is 0 Å². The molecule has 3 nitrogen and oxygen atoms in total. The third kappa shape index (κ3) is 4.02. The molecule has 1 aromatic heterocycles. The van der Waals surface area contributed by atoms with Crippen molar-refractivity contribution in [3.63, 3.8) is 0 Å². The maximum Gasteiger partial charge on any atom is 0.237 e. The fourth-order valence-electron chi connectivity index (χ4n) is 2.77. The van der Waals surface area contributed by atoms with Gasteiger partial charge in [-0.1, -0.05) is 50.2 Å². The van der Waals surface area contributed by atoms with E-state index in [-0.39, 0.29) is 11.2 Å². The van der Waals surface area contributed by atoms with Crippen molar-refractivity contribution >= 4 is 34.3 Å². The fraction of sp³-hybridized carbons (Fsp3) is 0.238. The lowest BCUT2D eigenvalue weighted by molar-refractivity contribution is -0.115. The first-order chi connectivity index (χ1) is 12.1. The molecule has 128 valence electrons. The van der Waals surface area contributed by atoms with Gasteiger partial charge in [0.1, 0.15) is 0 Å². The number of hydrogen-bond donors (Lipinski definition) is 1. The summed E-state index contributed by atoms with van der Waals surface area (Å²) in [4.78, 5) is 18.1. The third-order valence-electron chi connectivity index (χ3n) is 4.12. The molecule has 0 radical (unpaired) electrons. The predicted molar refractivity (Wildman–Crippen MR) is 106 cm³/mol. The van der Waals surface area contributed by atoms with Crippen molar-refractivity contribution in [2.75, 3.05) is 5.32 Å². The molecule has 1 atom stereocenters. The molecule has 2 aromatic carbocycles. The van der Waals surface area contributed by atoms with Gasteiger partial charge in [-0.15, -0.1) is 11.8 Å². The zero-order chi connectivity index (χ0) is 17.8. The first-order valence-electron chi connectivity index (χ1n) is 8.46. The highest BCUT2D eigenvalue weighted by Crippen LogP contribution is 2.31. The van der Waals surface area contributed by atoms with E-state index >= 15 is 0 Å². The number of aromatic nitrogens is 1. The molecule has 0 aliphatic carbocycles. The molecule has 0 saturated carbocycles. The molecule has 0 aliphatic heterocycles. The van der Waals surface area contributed by atoms with Crippen molar-refractivity contribution < 1.29 is 4.79 Å².